The Morgan fingerprint density at radius 2 is 2.25 bits per heavy atom. The number of hydrogen-bond acceptors (Lipinski definition) is 5. The number of aliphatic hydroxyl groups is 1. The van der Waals surface area contributed by atoms with Crippen molar-refractivity contribution in [3.8, 4) is 0 Å². The van der Waals surface area contributed by atoms with Gasteiger partial charge in [0.05, 0.1) is 19.2 Å². The second-order valence-corrected chi connectivity index (χ2v) is 4.22. The highest BCUT2D eigenvalue weighted by molar-refractivity contribution is 5.92. The van der Waals surface area contributed by atoms with E-state index in [1.54, 1.807) is 9.80 Å². The van der Waals surface area contributed by atoms with Crippen molar-refractivity contribution in [3.05, 3.63) is 12.0 Å². The fraction of sp³-hybridized carbons (Fsp3) is 0.600. The van der Waals surface area contributed by atoms with E-state index in [2.05, 4.69) is 4.98 Å². The van der Waals surface area contributed by atoms with Gasteiger partial charge in [0, 0.05) is 13.1 Å². The van der Waals surface area contributed by atoms with E-state index in [0.29, 0.717) is 24.8 Å². The molecular weight excluding hydrogens is 210 g/mol. The van der Waals surface area contributed by atoms with Crippen molar-refractivity contribution in [1.82, 2.24) is 9.88 Å². The van der Waals surface area contributed by atoms with Gasteiger partial charge in [0.25, 0.3) is 11.9 Å². The summed E-state index contributed by atoms with van der Waals surface area (Å²) in [4.78, 5) is 19.4. The van der Waals surface area contributed by atoms with Gasteiger partial charge in [-0.2, -0.15) is 4.98 Å². The second-order valence-electron chi connectivity index (χ2n) is 4.22. The summed E-state index contributed by atoms with van der Waals surface area (Å²) >= 11 is 0. The number of rotatable bonds is 2. The SMILES string of the molecule is O=C(c1coc(N2CC(O)C2)n1)N1CCC1. The predicted octanol–water partition coefficient (Wildman–Crippen LogP) is -0.299. The van der Waals surface area contributed by atoms with Crippen LogP contribution in [0.15, 0.2) is 10.7 Å². The van der Waals surface area contributed by atoms with Gasteiger partial charge in [0.1, 0.15) is 6.26 Å². The zero-order valence-electron chi connectivity index (χ0n) is 8.80. The highest BCUT2D eigenvalue weighted by Gasteiger charge is 2.30. The predicted molar refractivity (Wildman–Crippen MR) is 55.2 cm³/mol. The highest BCUT2D eigenvalue weighted by atomic mass is 16.4. The number of nitrogens with zero attached hydrogens (tertiary/aromatic N) is 3. The van der Waals surface area contributed by atoms with E-state index in [-0.39, 0.29) is 12.0 Å². The number of aromatic nitrogens is 1. The Balaban J connectivity index is 1.69. The summed E-state index contributed by atoms with van der Waals surface area (Å²) in [5, 5.41) is 9.14. The summed E-state index contributed by atoms with van der Waals surface area (Å²) in [5.74, 6) is -0.0673. The summed E-state index contributed by atoms with van der Waals surface area (Å²) in [6.45, 7) is 2.67. The van der Waals surface area contributed by atoms with E-state index in [1.807, 2.05) is 0 Å². The minimum atomic E-state index is -0.304. The summed E-state index contributed by atoms with van der Waals surface area (Å²) in [5.41, 5.74) is 0.357. The molecule has 0 radical (unpaired) electrons. The number of β-amino-alcohol motifs (C(OH)–C–C–N with tert-alkyl or cyclic N) is 1. The van der Waals surface area contributed by atoms with Crippen molar-refractivity contribution in [1.29, 1.82) is 0 Å². The van der Waals surface area contributed by atoms with Gasteiger partial charge >= 0.3 is 0 Å². The minimum absolute atomic E-state index is 0.0673. The molecule has 0 aliphatic carbocycles. The van der Waals surface area contributed by atoms with Gasteiger partial charge in [0.15, 0.2) is 5.69 Å². The fourth-order valence-corrected chi connectivity index (χ4v) is 1.80. The molecule has 6 heteroatoms. The van der Waals surface area contributed by atoms with Crippen LogP contribution < -0.4 is 4.90 Å². The molecule has 2 fully saturated rings. The Morgan fingerprint density at radius 1 is 1.50 bits per heavy atom. The van der Waals surface area contributed by atoms with Crippen molar-refractivity contribution in [2.24, 2.45) is 0 Å². The van der Waals surface area contributed by atoms with Crippen LogP contribution in [0.4, 0.5) is 6.01 Å². The molecule has 16 heavy (non-hydrogen) atoms. The molecule has 2 saturated heterocycles. The molecule has 0 aromatic carbocycles. The topological polar surface area (TPSA) is 69.8 Å². The average molecular weight is 223 g/mol. The van der Waals surface area contributed by atoms with Gasteiger partial charge in [-0.05, 0) is 6.42 Å². The van der Waals surface area contributed by atoms with Gasteiger partial charge in [-0.25, -0.2) is 0 Å². The molecule has 3 rings (SSSR count). The number of carbonyl (C=O) groups excluding carboxylic acids is 1. The molecule has 1 aromatic heterocycles. The number of amides is 1. The molecule has 1 N–H and O–H groups in total. The molecule has 0 unspecified atom stereocenters. The van der Waals surface area contributed by atoms with Crippen LogP contribution in [0.5, 0.6) is 0 Å². The van der Waals surface area contributed by atoms with Crippen LogP contribution in [-0.2, 0) is 0 Å². The Hall–Kier alpha value is -1.56. The van der Waals surface area contributed by atoms with Crippen LogP contribution >= 0.6 is 0 Å². The van der Waals surface area contributed by atoms with Crippen LogP contribution in [0, 0.1) is 0 Å². The lowest BCUT2D eigenvalue weighted by molar-refractivity contribution is 0.0645. The maximum Gasteiger partial charge on any atom is 0.298 e. The first-order valence-corrected chi connectivity index (χ1v) is 5.42. The third-order valence-electron chi connectivity index (χ3n) is 2.99. The summed E-state index contributed by atoms with van der Waals surface area (Å²) in [7, 11) is 0. The summed E-state index contributed by atoms with van der Waals surface area (Å²) < 4.78 is 5.21. The lowest BCUT2D eigenvalue weighted by Crippen LogP contribution is -2.51. The molecule has 1 aromatic rings. The molecular formula is C10H13N3O3. The first-order valence-electron chi connectivity index (χ1n) is 5.42. The Bertz CT molecular complexity index is 407. The second kappa shape index (κ2) is 3.48. The molecule has 0 bridgehead atoms. The number of carbonyl (C=O) groups is 1. The van der Waals surface area contributed by atoms with Gasteiger partial charge in [-0.1, -0.05) is 0 Å². The smallest absolute Gasteiger partial charge is 0.298 e. The van der Waals surface area contributed by atoms with Crippen molar-refractivity contribution >= 4 is 11.9 Å². The number of aliphatic hydroxyl groups excluding tert-OH is 1. The van der Waals surface area contributed by atoms with Crippen LogP contribution in [0.1, 0.15) is 16.9 Å². The minimum Gasteiger partial charge on any atom is -0.431 e. The van der Waals surface area contributed by atoms with Crippen molar-refractivity contribution in [2.45, 2.75) is 12.5 Å². The fourth-order valence-electron chi connectivity index (χ4n) is 1.80. The molecule has 1 amide bonds. The van der Waals surface area contributed by atoms with Gasteiger partial charge in [-0.3, -0.25) is 4.79 Å². The van der Waals surface area contributed by atoms with Crippen LogP contribution in [0.2, 0.25) is 0 Å². The molecule has 6 nitrogen and oxygen atoms in total. The number of hydrogen-bond donors (Lipinski definition) is 1. The van der Waals surface area contributed by atoms with E-state index >= 15 is 0 Å². The highest BCUT2D eigenvalue weighted by Crippen LogP contribution is 2.21. The first-order chi connectivity index (χ1) is 7.74. The molecule has 0 spiro atoms. The van der Waals surface area contributed by atoms with Crippen molar-refractivity contribution in [2.75, 3.05) is 31.1 Å². The summed E-state index contributed by atoms with van der Waals surface area (Å²) in [6, 6.07) is 0.425. The third-order valence-corrected chi connectivity index (χ3v) is 2.99. The maximum atomic E-state index is 11.8. The molecule has 0 atom stereocenters. The van der Waals surface area contributed by atoms with E-state index < -0.39 is 0 Å². The molecule has 0 saturated carbocycles. The van der Waals surface area contributed by atoms with Gasteiger partial charge < -0.3 is 19.3 Å². The lowest BCUT2D eigenvalue weighted by Gasteiger charge is -2.34. The van der Waals surface area contributed by atoms with Gasteiger partial charge in [-0.15, -0.1) is 0 Å². The Kier molecular flexibility index (Phi) is 2.10. The van der Waals surface area contributed by atoms with Crippen LogP contribution in [0.25, 0.3) is 0 Å². The summed E-state index contributed by atoms with van der Waals surface area (Å²) in [6.07, 6.45) is 2.15. The monoisotopic (exact) mass is 223 g/mol. The first kappa shape index (κ1) is 9.65. The average Bonchev–Trinajstić information content (AvgIpc) is 2.58. The number of likely N-dealkylation sites (tertiary alicyclic amines) is 1. The molecule has 3 heterocycles. The largest absolute Gasteiger partial charge is 0.431 e. The zero-order chi connectivity index (χ0) is 11.1. The number of oxazole rings is 1. The Labute approximate surface area is 92.5 Å². The third kappa shape index (κ3) is 1.46. The van der Waals surface area contributed by atoms with E-state index in [9.17, 15) is 4.79 Å². The number of anilines is 1. The van der Waals surface area contributed by atoms with E-state index in [4.69, 9.17) is 9.52 Å². The van der Waals surface area contributed by atoms with Crippen molar-refractivity contribution < 1.29 is 14.3 Å². The van der Waals surface area contributed by atoms with Crippen LogP contribution in [0.3, 0.4) is 0 Å². The van der Waals surface area contributed by atoms with E-state index in [0.717, 1.165) is 19.5 Å². The quantitative estimate of drug-likeness (QED) is 0.745. The normalized spacial score (nSPS) is 20.6. The standard InChI is InChI=1S/C10H13N3O3/c14-7-4-13(5-7)10-11-8(6-16-10)9(15)12-2-1-3-12/h6-7,14H,1-5H2. The molecule has 2 aliphatic rings. The Morgan fingerprint density at radius 3 is 2.81 bits per heavy atom. The maximum absolute atomic E-state index is 11.8. The van der Waals surface area contributed by atoms with E-state index in [1.165, 1.54) is 6.26 Å². The van der Waals surface area contributed by atoms with Gasteiger partial charge in [0.2, 0.25) is 0 Å². The lowest BCUT2D eigenvalue weighted by atomic mass is 10.2. The van der Waals surface area contributed by atoms with Crippen molar-refractivity contribution in [3.63, 3.8) is 0 Å². The molecule has 86 valence electrons. The molecule has 2 aliphatic heterocycles. The van der Waals surface area contributed by atoms with Crippen LogP contribution in [-0.4, -0.2) is 53.2 Å². The zero-order valence-corrected chi connectivity index (χ0v) is 8.80.